The molecule has 0 unspecified atom stereocenters. The molecule has 1 aromatic rings. The van der Waals surface area contributed by atoms with Gasteiger partial charge in [0.25, 0.3) is 0 Å². The van der Waals surface area contributed by atoms with Crippen LogP contribution in [0.15, 0.2) is 23.1 Å². The number of hydrogen-bond acceptors (Lipinski definition) is 5. The monoisotopic (exact) mass is 240 g/mol. The standard InChI is InChI=1S/C10H8O5S/c1-16(13,14)6-2-3-7-8(4-6)9(11)5-15-10(7)12/h2-4H,5H2,1H3. The van der Waals surface area contributed by atoms with Gasteiger partial charge in [-0.3, -0.25) is 4.79 Å². The molecule has 0 amide bonds. The van der Waals surface area contributed by atoms with Crippen LogP contribution in [0.5, 0.6) is 0 Å². The molecule has 0 saturated heterocycles. The van der Waals surface area contributed by atoms with Crippen LogP contribution in [0.4, 0.5) is 0 Å². The molecule has 16 heavy (non-hydrogen) atoms. The zero-order valence-electron chi connectivity index (χ0n) is 8.39. The molecule has 0 saturated carbocycles. The molecule has 0 fully saturated rings. The maximum atomic E-state index is 11.4. The average Bonchev–Trinajstić information content (AvgIpc) is 2.22. The lowest BCUT2D eigenvalue weighted by atomic mass is 10.0. The highest BCUT2D eigenvalue weighted by molar-refractivity contribution is 7.90. The molecule has 84 valence electrons. The number of Topliss-reactive ketones (excluding diaryl/α,β-unsaturated/α-hetero) is 1. The largest absolute Gasteiger partial charge is 0.454 e. The van der Waals surface area contributed by atoms with E-state index in [4.69, 9.17) is 0 Å². The Morgan fingerprint density at radius 3 is 2.50 bits per heavy atom. The Labute approximate surface area is 91.9 Å². The van der Waals surface area contributed by atoms with E-state index in [0.717, 1.165) is 6.26 Å². The molecule has 2 rings (SSSR count). The van der Waals surface area contributed by atoms with Crippen LogP contribution < -0.4 is 0 Å². The van der Waals surface area contributed by atoms with Crippen LogP contribution >= 0.6 is 0 Å². The van der Waals surface area contributed by atoms with Crippen LogP contribution in [0.25, 0.3) is 0 Å². The van der Waals surface area contributed by atoms with Crippen LogP contribution in [0.1, 0.15) is 20.7 Å². The molecule has 0 radical (unpaired) electrons. The Morgan fingerprint density at radius 1 is 1.19 bits per heavy atom. The van der Waals surface area contributed by atoms with Crippen molar-refractivity contribution < 1.29 is 22.7 Å². The summed E-state index contributed by atoms with van der Waals surface area (Å²) >= 11 is 0. The van der Waals surface area contributed by atoms with Gasteiger partial charge in [-0.05, 0) is 18.2 Å². The van der Waals surface area contributed by atoms with Crippen molar-refractivity contribution in [2.45, 2.75) is 4.90 Å². The predicted octanol–water partition coefficient (Wildman–Crippen LogP) is 0.443. The number of rotatable bonds is 1. The fourth-order valence-corrected chi connectivity index (χ4v) is 2.10. The highest BCUT2D eigenvalue weighted by atomic mass is 32.2. The fraction of sp³-hybridized carbons (Fsp3) is 0.200. The first-order chi connectivity index (χ1) is 7.39. The number of ketones is 1. The van der Waals surface area contributed by atoms with Crippen LogP contribution in [-0.2, 0) is 14.6 Å². The first-order valence-corrected chi connectivity index (χ1v) is 6.33. The van der Waals surface area contributed by atoms with Crippen LogP contribution in [-0.4, -0.2) is 33.0 Å². The molecule has 1 aromatic carbocycles. The van der Waals surface area contributed by atoms with Gasteiger partial charge in [0.1, 0.15) is 0 Å². The summed E-state index contributed by atoms with van der Waals surface area (Å²) in [6.07, 6.45) is 1.04. The average molecular weight is 240 g/mol. The number of benzene rings is 1. The first-order valence-electron chi connectivity index (χ1n) is 4.44. The number of ether oxygens (including phenoxy) is 1. The molecule has 0 atom stereocenters. The summed E-state index contributed by atoms with van der Waals surface area (Å²) in [4.78, 5) is 22.7. The Kier molecular flexibility index (Phi) is 2.31. The molecule has 0 aromatic heterocycles. The molecule has 0 N–H and O–H groups in total. The number of sulfone groups is 1. The van der Waals surface area contributed by atoms with Crippen molar-refractivity contribution in [3.8, 4) is 0 Å². The number of cyclic esters (lactones) is 1. The third-order valence-corrected chi connectivity index (χ3v) is 3.38. The highest BCUT2D eigenvalue weighted by Crippen LogP contribution is 2.20. The van der Waals surface area contributed by atoms with Crippen molar-refractivity contribution >= 4 is 21.6 Å². The minimum absolute atomic E-state index is 0.0225. The van der Waals surface area contributed by atoms with Gasteiger partial charge in [0.05, 0.1) is 10.5 Å². The summed E-state index contributed by atoms with van der Waals surface area (Å²) in [7, 11) is -3.38. The van der Waals surface area contributed by atoms with Crippen molar-refractivity contribution in [2.24, 2.45) is 0 Å². The van der Waals surface area contributed by atoms with Crippen molar-refractivity contribution in [2.75, 3.05) is 12.9 Å². The maximum absolute atomic E-state index is 11.4. The second-order valence-corrected chi connectivity index (χ2v) is 5.49. The van der Waals surface area contributed by atoms with E-state index in [-0.39, 0.29) is 28.4 Å². The van der Waals surface area contributed by atoms with Gasteiger partial charge < -0.3 is 4.74 Å². The van der Waals surface area contributed by atoms with Gasteiger partial charge >= 0.3 is 5.97 Å². The lowest BCUT2D eigenvalue weighted by Crippen LogP contribution is -2.24. The van der Waals surface area contributed by atoms with E-state index in [1.165, 1.54) is 18.2 Å². The fourth-order valence-electron chi connectivity index (χ4n) is 1.45. The van der Waals surface area contributed by atoms with Crippen molar-refractivity contribution in [1.29, 1.82) is 0 Å². The lowest BCUT2D eigenvalue weighted by molar-refractivity contribution is 0.0443. The molecule has 0 spiro atoms. The third kappa shape index (κ3) is 1.71. The molecule has 1 aliphatic heterocycles. The van der Waals surface area contributed by atoms with Gasteiger partial charge in [0.15, 0.2) is 16.4 Å². The molecule has 1 heterocycles. The third-order valence-electron chi connectivity index (χ3n) is 2.27. The molecule has 0 aliphatic carbocycles. The number of fused-ring (bicyclic) bond motifs is 1. The molecular weight excluding hydrogens is 232 g/mol. The van der Waals surface area contributed by atoms with Gasteiger partial charge in [-0.15, -0.1) is 0 Å². The number of esters is 1. The summed E-state index contributed by atoms with van der Waals surface area (Å²) in [5.41, 5.74) is 0.225. The van der Waals surface area contributed by atoms with Crippen molar-refractivity contribution in [3.63, 3.8) is 0 Å². The number of carbonyl (C=O) groups excluding carboxylic acids is 2. The quantitative estimate of drug-likeness (QED) is 0.666. The van der Waals surface area contributed by atoms with Crippen LogP contribution in [0.3, 0.4) is 0 Å². The van der Waals surface area contributed by atoms with Crippen molar-refractivity contribution in [1.82, 2.24) is 0 Å². The van der Waals surface area contributed by atoms with E-state index in [1.54, 1.807) is 0 Å². The molecule has 6 heteroatoms. The second kappa shape index (κ2) is 3.41. The van der Waals surface area contributed by atoms with E-state index in [0.29, 0.717) is 0 Å². The van der Waals surface area contributed by atoms with Gasteiger partial charge in [0, 0.05) is 11.8 Å². The smallest absolute Gasteiger partial charge is 0.339 e. The van der Waals surface area contributed by atoms with Gasteiger partial charge in [0.2, 0.25) is 5.78 Å². The molecule has 0 bridgehead atoms. The van der Waals surface area contributed by atoms with E-state index in [9.17, 15) is 18.0 Å². The van der Waals surface area contributed by atoms with Gasteiger partial charge in [-0.2, -0.15) is 0 Å². The van der Waals surface area contributed by atoms with Gasteiger partial charge in [-0.1, -0.05) is 0 Å². The Morgan fingerprint density at radius 2 is 1.88 bits per heavy atom. The summed E-state index contributed by atoms with van der Waals surface area (Å²) in [6, 6.07) is 3.80. The minimum Gasteiger partial charge on any atom is -0.454 e. The highest BCUT2D eigenvalue weighted by Gasteiger charge is 2.26. The van der Waals surface area contributed by atoms with Gasteiger partial charge in [-0.25, -0.2) is 13.2 Å². The van der Waals surface area contributed by atoms with Crippen molar-refractivity contribution in [3.05, 3.63) is 29.3 Å². The van der Waals surface area contributed by atoms with E-state index in [1.807, 2.05) is 0 Å². The topological polar surface area (TPSA) is 77.5 Å². The van der Waals surface area contributed by atoms with E-state index >= 15 is 0 Å². The van der Waals surface area contributed by atoms with E-state index in [2.05, 4.69) is 4.74 Å². The van der Waals surface area contributed by atoms with Crippen LogP contribution in [0.2, 0.25) is 0 Å². The SMILES string of the molecule is CS(=O)(=O)c1ccc2c(c1)C(=O)COC2=O. The molecule has 5 nitrogen and oxygen atoms in total. The summed E-state index contributed by atoms with van der Waals surface area (Å²) < 4.78 is 27.2. The normalized spacial score (nSPS) is 15.6. The first kappa shape index (κ1) is 10.8. The summed E-state index contributed by atoms with van der Waals surface area (Å²) in [5.74, 6) is -0.991. The zero-order valence-corrected chi connectivity index (χ0v) is 9.21. The number of hydrogen-bond donors (Lipinski definition) is 0. The van der Waals surface area contributed by atoms with E-state index < -0.39 is 15.8 Å². The maximum Gasteiger partial charge on any atom is 0.339 e. The lowest BCUT2D eigenvalue weighted by Gasteiger charge is -2.14. The van der Waals surface area contributed by atoms with Crippen LogP contribution in [0, 0.1) is 0 Å². The second-order valence-electron chi connectivity index (χ2n) is 3.48. The summed E-state index contributed by atoms with van der Waals surface area (Å²) in [6.45, 7) is -0.334. The zero-order chi connectivity index (χ0) is 11.9. The Balaban J connectivity index is 2.66. The number of carbonyl (C=O) groups is 2. The Hall–Kier alpha value is -1.69. The molecular formula is C10H8O5S. The predicted molar refractivity (Wildman–Crippen MR) is 54.2 cm³/mol. The summed E-state index contributed by atoms with van der Waals surface area (Å²) in [5, 5.41) is 0. The minimum atomic E-state index is -3.38. The Bertz CT molecular complexity index is 585. The molecule has 1 aliphatic rings.